The Morgan fingerprint density at radius 1 is 1.08 bits per heavy atom. The average Bonchev–Trinajstić information content (AvgIpc) is 3.43. The van der Waals surface area contributed by atoms with E-state index in [1.165, 1.54) is 0 Å². The summed E-state index contributed by atoms with van der Waals surface area (Å²) in [6.45, 7) is 1.94. The van der Waals surface area contributed by atoms with Crippen LogP contribution in [0, 0.1) is 12.8 Å². The van der Waals surface area contributed by atoms with Crippen molar-refractivity contribution in [1.82, 2.24) is 0 Å². The van der Waals surface area contributed by atoms with Crippen LogP contribution < -0.4 is 15.4 Å². The molecule has 5 heteroatoms. The zero-order valence-corrected chi connectivity index (χ0v) is 14.5. The normalized spacial score (nSPS) is 13.2. The number of amides is 2. The van der Waals surface area contributed by atoms with Gasteiger partial charge in [-0.3, -0.25) is 9.59 Å². The van der Waals surface area contributed by atoms with E-state index in [-0.39, 0.29) is 24.2 Å². The lowest BCUT2D eigenvalue weighted by Gasteiger charge is -2.11. The van der Waals surface area contributed by atoms with E-state index in [1.54, 1.807) is 7.11 Å². The number of carbonyl (C=O) groups is 2. The van der Waals surface area contributed by atoms with Crippen LogP contribution in [0.2, 0.25) is 0 Å². The van der Waals surface area contributed by atoms with Crippen LogP contribution >= 0.6 is 0 Å². The van der Waals surface area contributed by atoms with E-state index in [0.29, 0.717) is 5.69 Å². The van der Waals surface area contributed by atoms with Gasteiger partial charge in [0.1, 0.15) is 5.75 Å². The van der Waals surface area contributed by atoms with E-state index in [1.807, 2.05) is 49.4 Å². The molecule has 0 atom stereocenters. The summed E-state index contributed by atoms with van der Waals surface area (Å²) in [5, 5.41) is 5.83. The third kappa shape index (κ3) is 4.59. The molecule has 130 valence electrons. The van der Waals surface area contributed by atoms with Crippen LogP contribution in [0.5, 0.6) is 5.75 Å². The molecule has 2 amide bonds. The molecule has 0 heterocycles. The third-order valence-electron chi connectivity index (χ3n) is 4.25. The maximum atomic E-state index is 12.2. The Morgan fingerprint density at radius 3 is 2.44 bits per heavy atom. The molecule has 3 rings (SSSR count). The van der Waals surface area contributed by atoms with Crippen LogP contribution in [-0.4, -0.2) is 18.9 Å². The third-order valence-corrected chi connectivity index (χ3v) is 4.25. The fourth-order valence-electron chi connectivity index (χ4n) is 2.55. The molecular weight excluding hydrogens is 316 g/mol. The minimum absolute atomic E-state index is 0.0600. The highest BCUT2D eigenvalue weighted by atomic mass is 16.5. The Hall–Kier alpha value is -2.82. The van der Waals surface area contributed by atoms with Crippen LogP contribution in [0.25, 0.3) is 0 Å². The number of aryl methyl sites for hydroxylation is 1. The van der Waals surface area contributed by atoms with Gasteiger partial charge in [0, 0.05) is 17.3 Å². The number of carbonyl (C=O) groups excluding carboxylic acids is 2. The van der Waals surface area contributed by atoms with Gasteiger partial charge in [-0.05, 0) is 55.2 Å². The first kappa shape index (κ1) is 17.0. The summed E-state index contributed by atoms with van der Waals surface area (Å²) in [5.41, 5.74) is 3.31. The number of hydrogen-bond acceptors (Lipinski definition) is 3. The summed E-state index contributed by atoms with van der Waals surface area (Å²) in [7, 11) is 1.61. The summed E-state index contributed by atoms with van der Waals surface area (Å²) in [6.07, 6.45) is 2.20. The number of hydrogen-bond donors (Lipinski definition) is 2. The minimum atomic E-state index is -0.103. The molecule has 0 spiro atoms. The van der Waals surface area contributed by atoms with Crippen molar-refractivity contribution in [2.75, 3.05) is 17.7 Å². The first-order chi connectivity index (χ1) is 12.0. The average molecular weight is 338 g/mol. The molecule has 0 aliphatic heterocycles. The molecule has 1 aliphatic rings. The fraction of sp³-hybridized carbons (Fsp3) is 0.300. The standard InChI is InChI=1S/C20H22N2O3/c1-13-3-8-16(12-18(13)22-20(24)15-6-7-15)21-19(23)11-14-4-9-17(25-2)10-5-14/h3-5,8-10,12,15H,6-7,11H2,1-2H3,(H,21,23)(H,22,24). The Labute approximate surface area is 147 Å². The van der Waals surface area contributed by atoms with Crippen LogP contribution in [0.1, 0.15) is 24.0 Å². The monoisotopic (exact) mass is 338 g/mol. The molecule has 0 radical (unpaired) electrons. The van der Waals surface area contributed by atoms with Crippen molar-refractivity contribution < 1.29 is 14.3 Å². The summed E-state index contributed by atoms with van der Waals surface area (Å²) in [5.74, 6) is 0.866. The predicted octanol–water partition coefficient (Wildman–Crippen LogP) is 3.53. The highest BCUT2D eigenvalue weighted by Gasteiger charge is 2.29. The van der Waals surface area contributed by atoms with Gasteiger partial charge in [-0.1, -0.05) is 18.2 Å². The van der Waals surface area contributed by atoms with Gasteiger partial charge >= 0.3 is 0 Å². The first-order valence-corrected chi connectivity index (χ1v) is 8.39. The smallest absolute Gasteiger partial charge is 0.228 e. The fourth-order valence-corrected chi connectivity index (χ4v) is 2.55. The summed E-state index contributed by atoms with van der Waals surface area (Å²) in [6, 6.07) is 12.9. The number of anilines is 2. The Kier molecular flexibility index (Phi) is 5.03. The zero-order valence-electron chi connectivity index (χ0n) is 14.5. The van der Waals surface area contributed by atoms with Gasteiger partial charge in [0.05, 0.1) is 13.5 Å². The van der Waals surface area contributed by atoms with Crippen molar-refractivity contribution in [2.45, 2.75) is 26.2 Å². The topological polar surface area (TPSA) is 67.4 Å². The lowest BCUT2D eigenvalue weighted by atomic mass is 10.1. The molecule has 2 N–H and O–H groups in total. The van der Waals surface area contributed by atoms with E-state index in [0.717, 1.165) is 35.4 Å². The molecule has 1 fully saturated rings. The molecule has 5 nitrogen and oxygen atoms in total. The Bertz CT molecular complexity index is 780. The quantitative estimate of drug-likeness (QED) is 0.847. The SMILES string of the molecule is COc1ccc(CC(=O)Nc2ccc(C)c(NC(=O)C3CC3)c2)cc1. The van der Waals surface area contributed by atoms with Crippen LogP contribution in [-0.2, 0) is 16.0 Å². The van der Waals surface area contributed by atoms with E-state index in [9.17, 15) is 9.59 Å². The molecule has 1 aliphatic carbocycles. The van der Waals surface area contributed by atoms with Crippen LogP contribution in [0.4, 0.5) is 11.4 Å². The summed E-state index contributed by atoms with van der Waals surface area (Å²) < 4.78 is 5.11. The molecule has 25 heavy (non-hydrogen) atoms. The Morgan fingerprint density at radius 2 is 1.80 bits per heavy atom. The van der Waals surface area contributed by atoms with Crippen molar-refractivity contribution in [1.29, 1.82) is 0 Å². The predicted molar refractivity (Wildman–Crippen MR) is 97.9 cm³/mol. The first-order valence-electron chi connectivity index (χ1n) is 8.39. The molecule has 2 aromatic rings. The number of ether oxygens (including phenoxy) is 1. The van der Waals surface area contributed by atoms with Crippen molar-refractivity contribution in [3.8, 4) is 5.75 Å². The number of nitrogens with one attached hydrogen (secondary N) is 2. The Balaban J connectivity index is 1.62. The maximum absolute atomic E-state index is 12.2. The molecule has 1 saturated carbocycles. The van der Waals surface area contributed by atoms with Gasteiger partial charge in [0.2, 0.25) is 11.8 Å². The molecule has 0 aromatic heterocycles. The molecule has 0 saturated heterocycles. The van der Waals surface area contributed by atoms with Gasteiger partial charge < -0.3 is 15.4 Å². The van der Waals surface area contributed by atoms with Gasteiger partial charge in [-0.25, -0.2) is 0 Å². The number of methoxy groups -OCH3 is 1. The molecule has 2 aromatic carbocycles. The highest BCUT2D eigenvalue weighted by molar-refractivity contribution is 5.97. The van der Waals surface area contributed by atoms with Gasteiger partial charge in [-0.15, -0.1) is 0 Å². The van der Waals surface area contributed by atoms with Crippen LogP contribution in [0.15, 0.2) is 42.5 Å². The largest absolute Gasteiger partial charge is 0.497 e. The van der Waals surface area contributed by atoms with E-state index >= 15 is 0 Å². The second-order valence-electron chi connectivity index (χ2n) is 6.37. The lowest BCUT2D eigenvalue weighted by molar-refractivity contribution is -0.117. The molecule has 0 unspecified atom stereocenters. The zero-order chi connectivity index (χ0) is 17.8. The van der Waals surface area contributed by atoms with Crippen molar-refractivity contribution in [2.24, 2.45) is 5.92 Å². The minimum Gasteiger partial charge on any atom is -0.497 e. The number of rotatable bonds is 6. The maximum Gasteiger partial charge on any atom is 0.228 e. The second kappa shape index (κ2) is 7.38. The van der Waals surface area contributed by atoms with E-state index < -0.39 is 0 Å². The second-order valence-corrected chi connectivity index (χ2v) is 6.37. The highest BCUT2D eigenvalue weighted by Crippen LogP contribution is 2.31. The molecular formula is C20H22N2O3. The van der Waals surface area contributed by atoms with Gasteiger partial charge in [-0.2, -0.15) is 0 Å². The van der Waals surface area contributed by atoms with Gasteiger partial charge in [0.25, 0.3) is 0 Å². The van der Waals surface area contributed by atoms with Crippen molar-refractivity contribution in [3.63, 3.8) is 0 Å². The summed E-state index contributed by atoms with van der Waals surface area (Å²) in [4.78, 5) is 24.2. The van der Waals surface area contributed by atoms with Crippen molar-refractivity contribution in [3.05, 3.63) is 53.6 Å². The van der Waals surface area contributed by atoms with E-state index in [4.69, 9.17) is 4.74 Å². The van der Waals surface area contributed by atoms with Gasteiger partial charge in [0.15, 0.2) is 0 Å². The van der Waals surface area contributed by atoms with Crippen LogP contribution in [0.3, 0.4) is 0 Å². The van der Waals surface area contributed by atoms with E-state index in [2.05, 4.69) is 10.6 Å². The molecule has 0 bridgehead atoms. The number of benzene rings is 2. The lowest BCUT2D eigenvalue weighted by Crippen LogP contribution is -2.16. The van der Waals surface area contributed by atoms with Crippen molar-refractivity contribution >= 4 is 23.2 Å². The summed E-state index contributed by atoms with van der Waals surface area (Å²) >= 11 is 0.